The summed E-state index contributed by atoms with van der Waals surface area (Å²) < 4.78 is 5.32. The molecule has 6 heteroatoms. The van der Waals surface area contributed by atoms with Gasteiger partial charge in [-0.15, -0.1) is 0 Å². The predicted molar refractivity (Wildman–Crippen MR) is 67.7 cm³/mol. The highest BCUT2D eigenvalue weighted by molar-refractivity contribution is 5.64. The van der Waals surface area contributed by atoms with E-state index in [-0.39, 0.29) is 0 Å². The van der Waals surface area contributed by atoms with E-state index >= 15 is 0 Å². The van der Waals surface area contributed by atoms with E-state index in [1.54, 1.807) is 14.0 Å². The van der Waals surface area contributed by atoms with Crippen LogP contribution in [0.15, 0.2) is 6.33 Å². The van der Waals surface area contributed by atoms with Crippen LogP contribution >= 0.6 is 0 Å². The van der Waals surface area contributed by atoms with Crippen molar-refractivity contribution in [2.75, 3.05) is 37.5 Å². The third-order valence-electron chi connectivity index (χ3n) is 2.23. The average molecular weight is 240 g/mol. The van der Waals surface area contributed by atoms with Crippen LogP contribution in [0, 0.1) is 0 Å². The van der Waals surface area contributed by atoms with Crippen LogP contribution in [0.1, 0.15) is 13.8 Å². The monoisotopic (exact) mass is 240 g/mol. The summed E-state index contributed by atoms with van der Waals surface area (Å²) in [6, 6.07) is 0. The highest BCUT2D eigenvalue weighted by Gasteiger charge is 2.16. The van der Waals surface area contributed by atoms with Crippen LogP contribution in [-0.4, -0.2) is 48.4 Å². The molecule has 0 radical (unpaired) electrons. The lowest BCUT2D eigenvalue weighted by Gasteiger charge is -2.22. The Kier molecular flexibility index (Phi) is 4.96. The molecule has 1 atom stereocenters. The van der Waals surface area contributed by atoms with E-state index in [9.17, 15) is 5.11 Å². The van der Waals surface area contributed by atoms with E-state index in [1.165, 1.54) is 6.33 Å². The topological polar surface area (TPSA) is 70.5 Å². The molecule has 17 heavy (non-hydrogen) atoms. The number of hydrogen-bond acceptors (Lipinski definition) is 6. The molecule has 96 valence electrons. The molecule has 0 fully saturated rings. The second-order valence-electron chi connectivity index (χ2n) is 3.84. The van der Waals surface area contributed by atoms with Crippen LogP contribution in [0.4, 0.5) is 11.6 Å². The molecule has 0 amide bonds. The van der Waals surface area contributed by atoms with Gasteiger partial charge in [-0.25, -0.2) is 9.97 Å². The molecule has 1 aromatic rings. The molecule has 1 heterocycles. The van der Waals surface area contributed by atoms with Crippen molar-refractivity contribution in [1.29, 1.82) is 0 Å². The van der Waals surface area contributed by atoms with Gasteiger partial charge in [-0.3, -0.25) is 0 Å². The van der Waals surface area contributed by atoms with E-state index in [0.29, 0.717) is 23.9 Å². The van der Waals surface area contributed by atoms with Crippen molar-refractivity contribution >= 4 is 11.6 Å². The molecule has 0 bridgehead atoms. The van der Waals surface area contributed by atoms with E-state index in [1.807, 2.05) is 18.9 Å². The lowest BCUT2D eigenvalue weighted by molar-refractivity contribution is 0.201. The Morgan fingerprint density at radius 1 is 1.53 bits per heavy atom. The molecule has 1 aromatic heterocycles. The largest absolute Gasteiger partial charge is 0.490 e. The first kappa shape index (κ1) is 13.5. The van der Waals surface area contributed by atoms with Gasteiger partial charge in [0.15, 0.2) is 11.6 Å². The van der Waals surface area contributed by atoms with E-state index in [2.05, 4.69) is 15.3 Å². The fourth-order valence-corrected chi connectivity index (χ4v) is 1.60. The molecule has 2 N–H and O–H groups in total. The summed E-state index contributed by atoms with van der Waals surface area (Å²) in [5, 5.41) is 12.5. The average Bonchev–Trinajstić information content (AvgIpc) is 2.28. The molecule has 0 spiro atoms. The minimum absolute atomic E-state index is 0.428. The number of hydrogen-bond donors (Lipinski definition) is 2. The fraction of sp³-hybridized carbons (Fsp3) is 0.636. The number of methoxy groups -OCH3 is 1. The van der Waals surface area contributed by atoms with E-state index < -0.39 is 6.10 Å². The molecular weight excluding hydrogens is 220 g/mol. The lowest BCUT2D eigenvalue weighted by Crippen LogP contribution is -2.28. The number of ether oxygens (including phenoxy) is 1. The first-order valence-corrected chi connectivity index (χ1v) is 5.62. The Morgan fingerprint density at radius 2 is 2.24 bits per heavy atom. The van der Waals surface area contributed by atoms with Gasteiger partial charge in [-0.05, 0) is 13.8 Å². The van der Waals surface area contributed by atoms with Crippen molar-refractivity contribution in [2.24, 2.45) is 0 Å². The van der Waals surface area contributed by atoms with E-state index in [4.69, 9.17) is 4.74 Å². The summed E-state index contributed by atoms with van der Waals surface area (Å²) in [5.74, 6) is 1.93. The van der Waals surface area contributed by atoms with Crippen LogP contribution in [0.3, 0.4) is 0 Å². The number of aliphatic hydroxyl groups excluding tert-OH is 1. The molecular formula is C11H20N4O2. The van der Waals surface area contributed by atoms with Gasteiger partial charge in [0, 0.05) is 20.1 Å². The summed E-state index contributed by atoms with van der Waals surface area (Å²) in [6.07, 6.45) is 1.05. The van der Waals surface area contributed by atoms with Crippen molar-refractivity contribution in [1.82, 2.24) is 9.97 Å². The SMILES string of the molecule is CCNc1ncnc(N(C)CC(C)O)c1OC. The number of anilines is 2. The van der Waals surface area contributed by atoms with Gasteiger partial charge >= 0.3 is 0 Å². The van der Waals surface area contributed by atoms with Gasteiger partial charge in [-0.1, -0.05) is 0 Å². The fourth-order valence-electron chi connectivity index (χ4n) is 1.60. The number of nitrogens with zero attached hydrogens (tertiary/aromatic N) is 3. The number of aromatic nitrogens is 2. The van der Waals surface area contributed by atoms with Crippen LogP contribution in [-0.2, 0) is 0 Å². The third-order valence-corrected chi connectivity index (χ3v) is 2.23. The summed E-state index contributed by atoms with van der Waals surface area (Å²) in [6.45, 7) is 4.96. The molecule has 0 saturated heterocycles. The molecule has 1 rings (SSSR count). The Morgan fingerprint density at radius 3 is 2.76 bits per heavy atom. The normalized spacial score (nSPS) is 12.1. The maximum Gasteiger partial charge on any atom is 0.204 e. The van der Waals surface area contributed by atoms with E-state index in [0.717, 1.165) is 6.54 Å². The summed E-state index contributed by atoms with van der Waals surface area (Å²) >= 11 is 0. The Hall–Kier alpha value is -1.56. The van der Waals surface area contributed by atoms with Crippen LogP contribution < -0.4 is 15.0 Å². The summed E-state index contributed by atoms with van der Waals surface area (Å²) in [4.78, 5) is 10.1. The first-order valence-electron chi connectivity index (χ1n) is 5.62. The Balaban J connectivity index is 3.01. The number of nitrogens with one attached hydrogen (secondary N) is 1. The molecule has 0 aromatic carbocycles. The molecule has 0 saturated carbocycles. The van der Waals surface area contributed by atoms with Crippen molar-refractivity contribution in [3.63, 3.8) is 0 Å². The quantitative estimate of drug-likeness (QED) is 0.764. The van der Waals surface area contributed by atoms with Crippen LogP contribution in [0.25, 0.3) is 0 Å². The lowest BCUT2D eigenvalue weighted by atomic mass is 10.3. The zero-order valence-corrected chi connectivity index (χ0v) is 10.8. The van der Waals surface area contributed by atoms with Crippen molar-refractivity contribution in [3.05, 3.63) is 6.33 Å². The Labute approximate surface area is 102 Å². The molecule has 0 aliphatic rings. The van der Waals surface area contributed by atoms with Crippen LogP contribution in [0.2, 0.25) is 0 Å². The molecule has 0 aliphatic heterocycles. The van der Waals surface area contributed by atoms with Crippen LogP contribution in [0.5, 0.6) is 5.75 Å². The number of likely N-dealkylation sites (N-methyl/N-ethyl adjacent to an activating group) is 1. The van der Waals surface area contributed by atoms with Gasteiger partial charge < -0.3 is 20.1 Å². The molecule has 1 unspecified atom stereocenters. The van der Waals surface area contributed by atoms with Gasteiger partial charge in [0.1, 0.15) is 6.33 Å². The third kappa shape index (κ3) is 3.45. The zero-order chi connectivity index (χ0) is 12.8. The maximum absolute atomic E-state index is 9.38. The van der Waals surface area contributed by atoms with Gasteiger partial charge in [0.05, 0.1) is 13.2 Å². The highest BCUT2D eigenvalue weighted by Crippen LogP contribution is 2.30. The standard InChI is InChI=1S/C11H20N4O2/c1-5-12-10-9(17-4)11(14-7-13-10)15(3)6-8(2)16/h7-8,16H,5-6H2,1-4H3,(H,12,13,14). The number of aliphatic hydroxyl groups is 1. The summed E-state index contributed by atoms with van der Waals surface area (Å²) in [5.41, 5.74) is 0. The predicted octanol–water partition coefficient (Wildman–Crippen LogP) is 0.734. The van der Waals surface area contributed by atoms with Crippen molar-refractivity contribution in [3.8, 4) is 5.75 Å². The van der Waals surface area contributed by atoms with Gasteiger partial charge in [0.2, 0.25) is 5.75 Å². The van der Waals surface area contributed by atoms with Crippen molar-refractivity contribution in [2.45, 2.75) is 20.0 Å². The molecule has 6 nitrogen and oxygen atoms in total. The Bertz CT molecular complexity index is 357. The highest BCUT2D eigenvalue weighted by atomic mass is 16.5. The van der Waals surface area contributed by atoms with Gasteiger partial charge in [0.25, 0.3) is 0 Å². The van der Waals surface area contributed by atoms with Crippen molar-refractivity contribution < 1.29 is 9.84 Å². The summed E-state index contributed by atoms with van der Waals surface area (Å²) in [7, 11) is 3.44. The first-order chi connectivity index (χ1) is 8.10. The van der Waals surface area contributed by atoms with Gasteiger partial charge in [-0.2, -0.15) is 0 Å². The number of rotatable bonds is 6. The second-order valence-corrected chi connectivity index (χ2v) is 3.84. The maximum atomic E-state index is 9.38. The smallest absolute Gasteiger partial charge is 0.204 e. The minimum atomic E-state index is -0.428. The zero-order valence-electron chi connectivity index (χ0n) is 10.8. The molecule has 0 aliphatic carbocycles. The second kappa shape index (κ2) is 6.24. The minimum Gasteiger partial charge on any atom is -0.490 e.